The van der Waals surface area contributed by atoms with E-state index in [0.29, 0.717) is 5.41 Å². The molecule has 3 heteroatoms. The minimum atomic E-state index is 0.492. The molecular formula is C15H30N2S. The second kappa shape index (κ2) is 6.62. The maximum absolute atomic E-state index is 3.96. The summed E-state index contributed by atoms with van der Waals surface area (Å²) in [6.07, 6.45) is 5.35. The second-order valence-electron chi connectivity index (χ2n) is 6.65. The molecule has 1 unspecified atom stereocenters. The molecule has 2 saturated heterocycles. The van der Waals surface area contributed by atoms with Crippen molar-refractivity contribution < 1.29 is 0 Å². The van der Waals surface area contributed by atoms with Gasteiger partial charge in [0, 0.05) is 17.8 Å². The number of thioether (sulfide) groups is 1. The Morgan fingerprint density at radius 3 is 2.61 bits per heavy atom. The SMILES string of the molecule is CCCN1CCC(NC2CSCCC2(C)C)CC1. The quantitative estimate of drug-likeness (QED) is 0.845. The van der Waals surface area contributed by atoms with Crippen LogP contribution in [0.2, 0.25) is 0 Å². The molecule has 0 aliphatic carbocycles. The first kappa shape index (κ1) is 14.7. The summed E-state index contributed by atoms with van der Waals surface area (Å²) in [6.45, 7) is 11.0. The molecule has 0 aromatic heterocycles. The van der Waals surface area contributed by atoms with Gasteiger partial charge in [-0.3, -0.25) is 0 Å². The molecule has 0 radical (unpaired) electrons. The summed E-state index contributed by atoms with van der Waals surface area (Å²) in [5.41, 5.74) is 0.492. The lowest BCUT2D eigenvalue weighted by Gasteiger charge is -2.42. The summed E-state index contributed by atoms with van der Waals surface area (Å²) < 4.78 is 0. The molecule has 2 aliphatic heterocycles. The number of nitrogens with zero attached hydrogens (tertiary/aromatic N) is 1. The number of rotatable bonds is 4. The molecule has 1 atom stereocenters. The van der Waals surface area contributed by atoms with Crippen LogP contribution in [0.5, 0.6) is 0 Å². The summed E-state index contributed by atoms with van der Waals surface area (Å²) in [6, 6.07) is 1.49. The molecule has 106 valence electrons. The second-order valence-corrected chi connectivity index (χ2v) is 7.80. The van der Waals surface area contributed by atoms with Crippen molar-refractivity contribution in [3.63, 3.8) is 0 Å². The summed E-state index contributed by atoms with van der Waals surface area (Å²) >= 11 is 2.13. The Labute approximate surface area is 117 Å². The third-order valence-corrected chi connectivity index (χ3v) is 5.74. The van der Waals surface area contributed by atoms with Gasteiger partial charge < -0.3 is 10.2 Å². The molecule has 0 saturated carbocycles. The topological polar surface area (TPSA) is 15.3 Å². The van der Waals surface area contributed by atoms with Crippen LogP contribution in [0.4, 0.5) is 0 Å². The van der Waals surface area contributed by atoms with E-state index in [1.165, 1.54) is 56.8 Å². The van der Waals surface area contributed by atoms with Crippen molar-refractivity contribution in [2.75, 3.05) is 31.1 Å². The van der Waals surface area contributed by atoms with Crippen LogP contribution in [0.3, 0.4) is 0 Å². The molecule has 0 spiro atoms. The van der Waals surface area contributed by atoms with Gasteiger partial charge in [0.2, 0.25) is 0 Å². The highest BCUT2D eigenvalue weighted by atomic mass is 32.2. The van der Waals surface area contributed by atoms with E-state index < -0.39 is 0 Å². The van der Waals surface area contributed by atoms with Crippen LogP contribution in [0.15, 0.2) is 0 Å². The maximum atomic E-state index is 3.96. The van der Waals surface area contributed by atoms with Crippen molar-refractivity contribution >= 4 is 11.8 Å². The first-order chi connectivity index (χ1) is 8.62. The van der Waals surface area contributed by atoms with Crippen molar-refractivity contribution in [3.05, 3.63) is 0 Å². The normalized spacial score (nSPS) is 30.5. The fourth-order valence-corrected chi connectivity index (χ4v) is 4.75. The summed E-state index contributed by atoms with van der Waals surface area (Å²) in [4.78, 5) is 2.62. The van der Waals surface area contributed by atoms with Gasteiger partial charge in [0.15, 0.2) is 0 Å². The standard InChI is InChI=1S/C15H30N2S/c1-4-8-17-9-5-13(6-10-17)16-14-12-18-11-7-15(14,2)3/h13-14,16H,4-12H2,1-3H3. The highest BCUT2D eigenvalue weighted by Gasteiger charge is 2.34. The first-order valence-electron chi connectivity index (χ1n) is 7.68. The van der Waals surface area contributed by atoms with Gasteiger partial charge in [-0.2, -0.15) is 11.8 Å². The molecule has 0 amide bonds. The molecule has 1 N–H and O–H groups in total. The van der Waals surface area contributed by atoms with E-state index in [1.54, 1.807) is 0 Å². The summed E-state index contributed by atoms with van der Waals surface area (Å²) in [5.74, 6) is 2.66. The largest absolute Gasteiger partial charge is 0.310 e. The van der Waals surface area contributed by atoms with E-state index in [0.717, 1.165) is 12.1 Å². The van der Waals surface area contributed by atoms with Gasteiger partial charge in [0.25, 0.3) is 0 Å². The third-order valence-electron chi connectivity index (χ3n) is 4.68. The summed E-state index contributed by atoms with van der Waals surface area (Å²) in [5, 5.41) is 3.96. The number of hydrogen-bond acceptors (Lipinski definition) is 3. The van der Waals surface area contributed by atoms with Gasteiger partial charge in [0.1, 0.15) is 0 Å². The van der Waals surface area contributed by atoms with Gasteiger partial charge in [-0.05, 0) is 56.5 Å². The molecule has 2 nitrogen and oxygen atoms in total. The lowest BCUT2D eigenvalue weighted by Crippen LogP contribution is -2.53. The number of likely N-dealkylation sites (tertiary alicyclic amines) is 1. The van der Waals surface area contributed by atoms with Crippen LogP contribution in [0.25, 0.3) is 0 Å². The summed E-state index contributed by atoms with van der Waals surface area (Å²) in [7, 11) is 0. The predicted octanol–water partition coefficient (Wildman–Crippen LogP) is 2.98. The smallest absolute Gasteiger partial charge is 0.0212 e. The average molecular weight is 270 g/mol. The van der Waals surface area contributed by atoms with E-state index in [1.807, 2.05) is 0 Å². The Morgan fingerprint density at radius 2 is 2.00 bits per heavy atom. The zero-order valence-corrected chi connectivity index (χ0v) is 13.2. The molecule has 0 aromatic rings. The highest BCUT2D eigenvalue weighted by Crippen LogP contribution is 2.34. The van der Waals surface area contributed by atoms with Crippen LogP contribution in [-0.4, -0.2) is 48.1 Å². The van der Waals surface area contributed by atoms with Crippen molar-refractivity contribution in [1.29, 1.82) is 0 Å². The molecule has 2 fully saturated rings. The van der Waals surface area contributed by atoms with Gasteiger partial charge >= 0.3 is 0 Å². The van der Waals surface area contributed by atoms with Gasteiger partial charge in [-0.15, -0.1) is 0 Å². The predicted molar refractivity (Wildman–Crippen MR) is 82.4 cm³/mol. The van der Waals surface area contributed by atoms with Gasteiger partial charge in [0.05, 0.1) is 0 Å². The van der Waals surface area contributed by atoms with Crippen LogP contribution < -0.4 is 5.32 Å². The Hall–Kier alpha value is 0.270. The first-order valence-corrected chi connectivity index (χ1v) is 8.83. The van der Waals surface area contributed by atoms with Crippen LogP contribution in [0, 0.1) is 5.41 Å². The molecule has 2 rings (SSSR count). The Balaban J connectivity index is 1.77. The fraction of sp³-hybridized carbons (Fsp3) is 1.00. The molecule has 2 aliphatic rings. The zero-order chi connectivity index (χ0) is 13.0. The lowest BCUT2D eigenvalue weighted by atomic mass is 9.81. The fourth-order valence-electron chi connectivity index (χ4n) is 3.13. The maximum Gasteiger partial charge on any atom is 0.0212 e. The number of hydrogen-bond donors (Lipinski definition) is 1. The van der Waals surface area contributed by atoms with Crippen LogP contribution in [0.1, 0.15) is 46.5 Å². The number of piperidine rings is 1. The van der Waals surface area contributed by atoms with Crippen LogP contribution >= 0.6 is 11.8 Å². The van der Waals surface area contributed by atoms with E-state index in [4.69, 9.17) is 0 Å². The van der Waals surface area contributed by atoms with Crippen molar-refractivity contribution in [2.45, 2.75) is 58.5 Å². The molecule has 0 aromatic carbocycles. The Morgan fingerprint density at radius 1 is 1.28 bits per heavy atom. The lowest BCUT2D eigenvalue weighted by molar-refractivity contribution is 0.163. The van der Waals surface area contributed by atoms with E-state index in [9.17, 15) is 0 Å². The van der Waals surface area contributed by atoms with Crippen molar-refractivity contribution in [1.82, 2.24) is 10.2 Å². The average Bonchev–Trinajstić information content (AvgIpc) is 2.34. The molecule has 0 bridgehead atoms. The van der Waals surface area contributed by atoms with E-state index in [2.05, 4.69) is 42.7 Å². The minimum Gasteiger partial charge on any atom is -0.310 e. The highest BCUT2D eigenvalue weighted by molar-refractivity contribution is 7.99. The number of nitrogens with one attached hydrogen (secondary N) is 1. The molecular weight excluding hydrogens is 240 g/mol. The Bertz CT molecular complexity index is 247. The van der Waals surface area contributed by atoms with E-state index in [-0.39, 0.29) is 0 Å². The molecule has 18 heavy (non-hydrogen) atoms. The Kier molecular flexibility index (Phi) is 5.40. The zero-order valence-electron chi connectivity index (χ0n) is 12.4. The molecule has 2 heterocycles. The third kappa shape index (κ3) is 3.88. The van der Waals surface area contributed by atoms with Crippen molar-refractivity contribution in [3.8, 4) is 0 Å². The van der Waals surface area contributed by atoms with Crippen LogP contribution in [-0.2, 0) is 0 Å². The van der Waals surface area contributed by atoms with Gasteiger partial charge in [-0.1, -0.05) is 20.8 Å². The van der Waals surface area contributed by atoms with Gasteiger partial charge in [-0.25, -0.2) is 0 Å². The monoisotopic (exact) mass is 270 g/mol. The van der Waals surface area contributed by atoms with E-state index >= 15 is 0 Å². The minimum absolute atomic E-state index is 0.492. The van der Waals surface area contributed by atoms with Crippen molar-refractivity contribution in [2.24, 2.45) is 5.41 Å².